The second-order valence-corrected chi connectivity index (χ2v) is 4.41. The molecule has 0 aromatic carbocycles. The van der Waals surface area contributed by atoms with Crippen molar-refractivity contribution in [3.63, 3.8) is 0 Å². The molecular formula is C14H17N3O5. The van der Waals surface area contributed by atoms with Crippen LogP contribution < -0.4 is 0 Å². The maximum Gasteiger partial charge on any atom is 0.338 e. The first-order valence-corrected chi connectivity index (χ1v) is 6.62. The van der Waals surface area contributed by atoms with E-state index in [-0.39, 0.29) is 18.7 Å². The third kappa shape index (κ3) is 4.97. The maximum absolute atomic E-state index is 11.8. The van der Waals surface area contributed by atoms with Gasteiger partial charge in [-0.15, -0.1) is 0 Å². The molecule has 1 N–H and O–H groups in total. The van der Waals surface area contributed by atoms with Crippen molar-refractivity contribution >= 4 is 11.7 Å². The minimum Gasteiger partial charge on any atom is -0.462 e. The normalized spacial score (nSPS) is 13.1. The van der Waals surface area contributed by atoms with Crippen LogP contribution in [-0.2, 0) is 11.2 Å². The number of pyridine rings is 1. The summed E-state index contributed by atoms with van der Waals surface area (Å²) in [6, 6.07) is 0.598. The summed E-state index contributed by atoms with van der Waals surface area (Å²) in [7, 11) is 0. The topological polar surface area (TPSA) is 115 Å². The maximum atomic E-state index is 11.8. The molecule has 0 radical (unpaired) electrons. The molecule has 0 fully saturated rings. The summed E-state index contributed by atoms with van der Waals surface area (Å²) in [4.78, 5) is 25.8. The second kappa shape index (κ2) is 8.50. The van der Waals surface area contributed by atoms with E-state index in [4.69, 9.17) is 9.94 Å². The number of ether oxygens (including phenoxy) is 1. The molecular weight excluding hydrogens is 290 g/mol. The molecule has 0 aliphatic carbocycles. The first-order chi connectivity index (χ1) is 10.5. The molecule has 0 bridgehead atoms. The van der Waals surface area contributed by atoms with Crippen molar-refractivity contribution in [1.82, 2.24) is 4.98 Å². The van der Waals surface area contributed by atoms with Crippen molar-refractivity contribution in [1.29, 1.82) is 0 Å². The summed E-state index contributed by atoms with van der Waals surface area (Å²) in [5, 5.41) is 22.6. The third-order valence-electron chi connectivity index (χ3n) is 2.80. The number of carbonyl (C=O) groups is 1. The van der Waals surface area contributed by atoms with E-state index in [1.165, 1.54) is 37.5 Å². The lowest BCUT2D eigenvalue weighted by molar-refractivity contribution is -0.504. The number of hydrogen-bond donors (Lipinski definition) is 1. The average Bonchev–Trinajstić information content (AvgIpc) is 2.51. The molecule has 22 heavy (non-hydrogen) atoms. The van der Waals surface area contributed by atoms with Crippen LogP contribution in [0.4, 0.5) is 0 Å². The summed E-state index contributed by atoms with van der Waals surface area (Å²) < 4.78 is 4.94. The van der Waals surface area contributed by atoms with Crippen molar-refractivity contribution in [2.75, 3.05) is 6.61 Å². The van der Waals surface area contributed by atoms with Crippen LogP contribution in [0.15, 0.2) is 35.8 Å². The smallest absolute Gasteiger partial charge is 0.338 e. The molecule has 1 unspecified atom stereocenters. The lowest BCUT2D eigenvalue weighted by atomic mass is 10.0. The molecule has 0 aliphatic heterocycles. The molecule has 0 saturated heterocycles. The number of esters is 1. The van der Waals surface area contributed by atoms with E-state index >= 15 is 0 Å². The highest BCUT2D eigenvalue weighted by atomic mass is 16.6. The van der Waals surface area contributed by atoms with Crippen molar-refractivity contribution in [3.05, 3.63) is 51.9 Å². The average molecular weight is 307 g/mol. The summed E-state index contributed by atoms with van der Waals surface area (Å²) in [5.41, 5.74) is 0.994. The van der Waals surface area contributed by atoms with Crippen LogP contribution in [0.1, 0.15) is 29.8 Å². The third-order valence-corrected chi connectivity index (χ3v) is 2.80. The highest BCUT2D eigenvalue weighted by Crippen LogP contribution is 2.11. The van der Waals surface area contributed by atoms with Gasteiger partial charge in [-0.3, -0.25) is 15.1 Å². The van der Waals surface area contributed by atoms with Gasteiger partial charge in [0.25, 0.3) is 0 Å². The van der Waals surface area contributed by atoms with Gasteiger partial charge >= 0.3 is 5.97 Å². The van der Waals surface area contributed by atoms with Gasteiger partial charge in [-0.25, -0.2) is 4.79 Å². The van der Waals surface area contributed by atoms with Gasteiger partial charge in [0.05, 0.1) is 17.9 Å². The van der Waals surface area contributed by atoms with Gasteiger partial charge < -0.3 is 9.94 Å². The van der Waals surface area contributed by atoms with Crippen molar-refractivity contribution < 1.29 is 19.7 Å². The van der Waals surface area contributed by atoms with E-state index in [2.05, 4.69) is 10.1 Å². The fraction of sp³-hybridized carbons (Fsp3) is 0.357. The van der Waals surface area contributed by atoms with Crippen LogP contribution in [0.25, 0.3) is 0 Å². The number of oxime groups is 1. The highest BCUT2D eigenvalue weighted by molar-refractivity contribution is 5.99. The Morgan fingerprint density at radius 2 is 2.36 bits per heavy atom. The molecule has 1 rings (SSSR count). The first-order valence-electron chi connectivity index (χ1n) is 6.62. The Balaban J connectivity index is 2.93. The summed E-state index contributed by atoms with van der Waals surface area (Å²) in [6.07, 6.45) is 5.66. The molecule has 0 spiro atoms. The Hall–Kier alpha value is -2.77. The van der Waals surface area contributed by atoms with E-state index in [1.807, 2.05) is 0 Å². The zero-order chi connectivity index (χ0) is 16.5. The van der Waals surface area contributed by atoms with Gasteiger partial charge in [-0.1, -0.05) is 5.16 Å². The Kier molecular flexibility index (Phi) is 6.68. The highest BCUT2D eigenvalue weighted by Gasteiger charge is 2.14. The minimum absolute atomic E-state index is 0.0966. The molecule has 0 saturated carbocycles. The van der Waals surface area contributed by atoms with Gasteiger partial charge in [0, 0.05) is 30.7 Å². The number of rotatable bonds is 7. The van der Waals surface area contributed by atoms with Crippen LogP contribution in [0.2, 0.25) is 0 Å². The van der Waals surface area contributed by atoms with Crippen LogP contribution in [0.5, 0.6) is 0 Å². The zero-order valence-electron chi connectivity index (χ0n) is 12.3. The lowest BCUT2D eigenvalue weighted by Crippen LogP contribution is -2.13. The largest absolute Gasteiger partial charge is 0.462 e. The SMILES string of the molecule is CCOC(=O)c1ccncc1CC(/C=C/C(C)[N+](=O)[O-])=N/O. The molecule has 1 aromatic heterocycles. The predicted molar refractivity (Wildman–Crippen MR) is 78.7 cm³/mol. The molecule has 0 amide bonds. The van der Waals surface area contributed by atoms with Crippen LogP contribution >= 0.6 is 0 Å². The Labute approximate surface area is 127 Å². The molecule has 8 nitrogen and oxygen atoms in total. The number of hydrogen-bond acceptors (Lipinski definition) is 7. The van der Waals surface area contributed by atoms with Crippen molar-refractivity contribution in [3.8, 4) is 0 Å². The number of nitrogens with zero attached hydrogens (tertiary/aromatic N) is 3. The van der Waals surface area contributed by atoms with Gasteiger partial charge in [0.2, 0.25) is 6.04 Å². The van der Waals surface area contributed by atoms with Gasteiger partial charge in [0.1, 0.15) is 0 Å². The van der Waals surface area contributed by atoms with Crippen molar-refractivity contribution in [2.45, 2.75) is 26.3 Å². The van der Waals surface area contributed by atoms with Crippen molar-refractivity contribution in [2.24, 2.45) is 5.16 Å². The Bertz CT molecular complexity index is 598. The molecule has 1 atom stereocenters. The Morgan fingerprint density at radius 3 is 2.95 bits per heavy atom. The van der Waals surface area contributed by atoms with E-state index in [0.29, 0.717) is 11.1 Å². The standard InChI is InChI=1S/C14H17N3O5/c1-3-22-14(18)13-6-7-15-9-11(13)8-12(16-19)5-4-10(2)17(20)21/h4-7,9-10,19H,3,8H2,1-2H3/b5-4+,16-12+. The molecule has 118 valence electrons. The van der Waals surface area contributed by atoms with Gasteiger partial charge in [-0.2, -0.15) is 0 Å². The lowest BCUT2D eigenvalue weighted by Gasteiger charge is -2.07. The van der Waals surface area contributed by atoms with E-state index in [1.54, 1.807) is 6.92 Å². The molecule has 0 aliphatic rings. The number of carbonyl (C=O) groups excluding carboxylic acids is 1. The van der Waals surface area contributed by atoms with Gasteiger partial charge in [-0.05, 0) is 30.7 Å². The number of aromatic nitrogens is 1. The van der Waals surface area contributed by atoms with E-state index in [0.717, 1.165) is 0 Å². The molecule has 1 aromatic rings. The van der Waals surface area contributed by atoms with Crippen LogP contribution in [0.3, 0.4) is 0 Å². The van der Waals surface area contributed by atoms with Crippen LogP contribution in [0, 0.1) is 10.1 Å². The Morgan fingerprint density at radius 1 is 1.64 bits per heavy atom. The minimum atomic E-state index is -0.907. The summed E-state index contributed by atoms with van der Waals surface area (Å²) in [5.74, 6) is -0.500. The second-order valence-electron chi connectivity index (χ2n) is 4.41. The molecule has 1 heterocycles. The number of nitro groups is 1. The quantitative estimate of drug-likeness (QED) is 0.270. The summed E-state index contributed by atoms with van der Waals surface area (Å²) >= 11 is 0. The zero-order valence-corrected chi connectivity index (χ0v) is 12.3. The monoisotopic (exact) mass is 307 g/mol. The fourth-order valence-corrected chi connectivity index (χ4v) is 1.62. The first kappa shape index (κ1) is 17.3. The number of allylic oxidation sites excluding steroid dienone is 1. The van der Waals surface area contributed by atoms with E-state index in [9.17, 15) is 14.9 Å². The predicted octanol–water partition coefficient (Wildman–Crippen LogP) is 1.85. The van der Waals surface area contributed by atoms with Crippen LogP contribution in [-0.4, -0.2) is 39.4 Å². The fourth-order valence-electron chi connectivity index (χ4n) is 1.62. The summed E-state index contributed by atoms with van der Waals surface area (Å²) in [6.45, 7) is 3.34. The van der Waals surface area contributed by atoms with Gasteiger partial charge in [0.15, 0.2) is 0 Å². The van der Waals surface area contributed by atoms with E-state index < -0.39 is 16.9 Å². The molecule has 8 heteroatoms.